The highest BCUT2D eigenvalue weighted by Gasteiger charge is 2.25. The number of nitrogens with one attached hydrogen (secondary N) is 1. The Morgan fingerprint density at radius 2 is 2.00 bits per heavy atom. The van der Waals surface area contributed by atoms with Crippen LogP contribution in [-0.4, -0.2) is 25.4 Å². The molecule has 0 atom stereocenters. The Balaban J connectivity index is 2.93. The zero-order chi connectivity index (χ0) is 15.2. The van der Waals surface area contributed by atoms with Crippen LogP contribution in [0.4, 0.5) is 8.78 Å². The van der Waals surface area contributed by atoms with E-state index >= 15 is 0 Å². The van der Waals surface area contributed by atoms with Gasteiger partial charge in [0.05, 0.1) is 10.7 Å². The lowest BCUT2D eigenvalue weighted by Gasteiger charge is -2.07. The van der Waals surface area contributed by atoms with Crippen molar-refractivity contribution in [2.45, 2.75) is 0 Å². The molecule has 106 valence electrons. The largest absolute Gasteiger partial charge is 0.478 e. The maximum atomic E-state index is 14.1. The van der Waals surface area contributed by atoms with E-state index in [1.54, 1.807) is 0 Å². The first kappa shape index (κ1) is 14.0. The number of H-pyrrole nitrogens is 1. The minimum absolute atomic E-state index is 0.265. The molecule has 0 amide bonds. The molecule has 0 aliphatic carbocycles. The molecule has 2 rings (SSSR count). The first-order chi connectivity index (χ1) is 9.25. The SMILES string of the molecule is Cn1[nH]c(=O)n(-c2cc(F)c(Cl)c(C(=O)O)c2F)c1=O. The molecule has 0 fully saturated rings. The van der Waals surface area contributed by atoms with E-state index in [4.69, 9.17) is 16.7 Å². The number of hydrogen-bond acceptors (Lipinski definition) is 3. The highest BCUT2D eigenvalue weighted by Crippen LogP contribution is 2.27. The summed E-state index contributed by atoms with van der Waals surface area (Å²) in [4.78, 5) is 34.0. The van der Waals surface area contributed by atoms with Crippen molar-refractivity contribution in [3.05, 3.63) is 49.3 Å². The molecule has 0 unspecified atom stereocenters. The Morgan fingerprint density at radius 1 is 1.40 bits per heavy atom. The van der Waals surface area contributed by atoms with Crippen LogP contribution in [0.15, 0.2) is 15.7 Å². The van der Waals surface area contributed by atoms with Gasteiger partial charge in [-0.15, -0.1) is 0 Å². The van der Waals surface area contributed by atoms with E-state index in [0.29, 0.717) is 6.07 Å². The van der Waals surface area contributed by atoms with Crippen molar-refractivity contribution in [3.8, 4) is 5.69 Å². The van der Waals surface area contributed by atoms with Crippen molar-refractivity contribution in [1.82, 2.24) is 14.3 Å². The van der Waals surface area contributed by atoms with Crippen molar-refractivity contribution < 1.29 is 18.7 Å². The van der Waals surface area contributed by atoms with Crippen molar-refractivity contribution in [2.75, 3.05) is 0 Å². The maximum absolute atomic E-state index is 14.1. The fourth-order valence-corrected chi connectivity index (χ4v) is 1.85. The van der Waals surface area contributed by atoms with Crippen molar-refractivity contribution in [2.24, 2.45) is 7.05 Å². The minimum Gasteiger partial charge on any atom is -0.478 e. The number of nitrogens with zero attached hydrogens (tertiary/aromatic N) is 2. The highest BCUT2D eigenvalue weighted by atomic mass is 35.5. The molecule has 0 radical (unpaired) electrons. The number of carbonyl (C=O) groups is 1. The number of aromatic carboxylic acids is 1. The van der Waals surface area contributed by atoms with Crippen molar-refractivity contribution in [3.63, 3.8) is 0 Å². The number of aryl methyl sites for hydroxylation is 1. The molecule has 1 heterocycles. The lowest BCUT2D eigenvalue weighted by Crippen LogP contribution is -2.28. The molecular weight excluding hydrogens is 300 g/mol. The topological polar surface area (TPSA) is 97.1 Å². The summed E-state index contributed by atoms with van der Waals surface area (Å²) in [6.45, 7) is 0. The van der Waals surface area contributed by atoms with Crippen LogP contribution in [0.25, 0.3) is 5.69 Å². The second-order valence-electron chi connectivity index (χ2n) is 3.78. The van der Waals surface area contributed by atoms with Gasteiger partial charge in [-0.3, -0.25) is 0 Å². The fourth-order valence-electron chi connectivity index (χ4n) is 1.63. The van der Waals surface area contributed by atoms with Gasteiger partial charge >= 0.3 is 17.3 Å². The van der Waals surface area contributed by atoms with Crippen LogP contribution in [0.2, 0.25) is 5.02 Å². The van der Waals surface area contributed by atoms with Gasteiger partial charge in [-0.25, -0.2) is 37.5 Å². The summed E-state index contributed by atoms with van der Waals surface area (Å²) in [5.74, 6) is -4.58. The van der Waals surface area contributed by atoms with Crippen molar-refractivity contribution >= 4 is 17.6 Å². The predicted octanol–water partition coefficient (Wildman–Crippen LogP) is 0.494. The summed E-state index contributed by atoms with van der Waals surface area (Å²) in [6, 6.07) is 0.473. The molecule has 10 heteroatoms. The van der Waals surface area contributed by atoms with Gasteiger partial charge in [-0.2, -0.15) is 0 Å². The first-order valence-electron chi connectivity index (χ1n) is 5.05. The molecule has 0 saturated carbocycles. The van der Waals surface area contributed by atoms with E-state index < -0.39 is 45.3 Å². The summed E-state index contributed by atoms with van der Waals surface area (Å²) in [7, 11) is 1.18. The minimum atomic E-state index is -1.83. The molecule has 1 aromatic carbocycles. The molecule has 0 bridgehead atoms. The van der Waals surface area contributed by atoms with Gasteiger partial charge in [0, 0.05) is 13.1 Å². The van der Waals surface area contributed by atoms with Crippen LogP contribution in [-0.2, 0) is 7.05 Å². The second kappa shape index (κ2) is 4.60. The van der Waals surface area contributed by atoms with Crippen LogP contribution in [0.3, 0.4) is 0 Å². The number of halogens is 3. The third-order valence-electron chi connectivity index (χ3n) is 2.54. The van der Waals surface area contributed by atoms with Crippen LogP contribution in [0, 0.1) is 11.6 Å². The summed E-state index contributed by atoms with van der Waals surface area (Å²) in [5, 5.41) is 9.90. The van der Waals surface area contributed by atoms with Gasteiger partial charge in [-0.1, -0.05) is 11.6 Å². The Labute approximate surface area is 113 Å². The summed E-state index contributed by atoms with van der Waals surface area (Å²) < 4.78 is 28.6. The number of aromatic amines is 1. The zero-order valence-electron chi connectivity index (χ0n) is 9.78. The number of carboxylic acid groups (broad SMARTS) is 1. The Kier molecular flexibility index (Phi) is 3.22. The smallest absolute Gasteiger partial charge is 0.351 e. The fraction of sp³-hybridized carbons (Fsp3) is 0.100. The quantitative estimate of drug-likeness (QED) is 0.789. The van der Waals surface area contributed by atoms with E-state index in [1.807, 2.05) is 5.10 Å². The number of aromatic nitrogens is 3. The zero-order valence-corrected chi connectivity index (χ0v) is 10.5. The van der Waals surface area contributed by atoms with Crippen LogP contribution in [0.1, 0.15) is 10.4 Å². The molecule has 20 heavy (non-hydrogen) atoms. The van der Waals surface area contributed by atoms with Gasteiger partial charge in [0.15, 0.2) is 5.82 Å². The Morgan fingerprint density at radius 3 is 2.45 bits per heavy atom. The highest BCUT2D eigenvalue weighted by molar-refractivity contribution is 6.33. The third kappa shape index (κ3) is 1.92. The van der Waals surface area contributed by atoms with Crippen molar-refractivity contribution in [1.29, 1.82) is 0 Å². The number of benzene rings is 1. The monoisotopic (exact) mass is 305 g/mol. The predicted molar refractivity (Wildman–Crippen MR) is 63.5 cm³/mol. The molecule has 0 aliphatic rings. The number of rotatable bonds is 2. The molecule has 1 aromatic heterocycles. The van der Waals surface area contributed by atoms with Gasteiger partial charge in [0.25, 0.3) is 0 Å². The van der Waals surface area contributed by atoms with E-state index in [-0.39, 0.29) is 4.57 Å². The molecule has 2 aromatic rings. The lowest BCUT2D eigenvalue weighted by molar-refractivity contribution is 0.0691. The average molecular weight is 306 g/mol. The Bertz CT molecular complexity index is 836. The average Bonchev–Trinajstić information content (AvgIpc) is 2.59. The van der Waals surface area contributed by atoms with Gasteiger partial charge in [0.2, 0.25) is 0 Å². The Hall–Kier alpha value is -2.42. The molecule has 0 saturated heterocycles. The molecular formula is C10H6ClF2N3O4. The standard InChI is InChI=1S/C10H6ClF2N3O4/c1-15-10(20)16(9(19)14-15)4-2-3(12)6(11)5(7(4)13)8(17)18/h2H,1H3,(H,14,19)(H,17,18). The van der Waals surface area contributed by atoms with E-state index in [9.17, 15) is 23.2 Å². The maximum Gasteiger partial charge on any atom is 0.351 e. The molecule has 0 aliphatic heterocycles. The van der Waals surface area contributed by atoms with Gasteiger partial charge in [-0.05, 0) is 0 Å². The number of hydrogen-bond donors (Lipinski definition) is 2. The molecule has 0 spiro atoms. The third-order valence-corrected chi connectivity index (χ3v) is 2.91. The van der Waals surface area contributed by atoms with E-state index in [2.05, 4.69) is 0 Å². The van der Waals surface area contributed by atoms with Crippen LogP contribution in [0.5, 0.6) is 0 Å². The second-order valence-corrected chi connectivity index (χ2v) is 4.16. The van der Waals surface area contributed by atoms with E-state index in [1.165, 1.54) is 7.05 Å². The summed E-state index contributed by atoms with van der Waals surface area (Å²) in [5.41, 5.74) is -4.03. The first-order valence-corrected chi connectivity index (χ1v) is 5.42. The lowest BCUT2D eigenvalue weighted by atomic mass is 10.1. The van der Waals surface area contributed by atoms with Crippen LogP contribution < -0.4 is 11.4 Å². The summed E-state index contributed by atoms with van der Waals surface area (Å²) >= 11 is 5.36. The molecule has 2 N–H and O–H groups in total. The van der Waals surface area contributed by atoms with Gasteiger partial charge in [0.1, 0.15) is 11.4 Å². The van der Waals surface area contributed by atoms with Gasteiger partial charge < -0.3 is 5.11 Å². The van der Waals surface area contributed by atoms with E-state index in [0.717, 1.165) is 4.68 Å². The summed E-state index contributed by atoms with van der Waals surface area (Å²) in [6.07, 6.45) is 0. The van der Waals surface area contributed by atoms with Crippen LogP contribution >= 0.6 is 11.6 Å². The normalized spacial score (nSPS) is 10.8. The number of carboxylic acids is 1. The molecule has 7 nitrogen and oxygen atoms in total.